The van der Waals surface area contributed by atoms with E-state index >= 15 is 0 Å². The van der Waals surface area contributed by atoms with Crippen LogP contribution in [0.25, 0.3) is 10.9 Å². The van der Waals surface area contributed by atoms with E-state index in [1.165, 1.54) is 6.33 Å². The lowest BCUT2D eigenvalue weighted by molar-refractivity contribution is -0.580. The van der Waals surface area contributed by atoms with Gasteiger partial charge in [0.25, 0.3) is 6.33 Å². The van der Waals surface area contributed by atoms with E-state index in [2.05, 4.69) is 4.98 Å². The van der Waals surface area contributed by atoms with E-state index in [0.29, 0.717) is 18.0 Å². The van der Waals surface area contributed by atoms with Crippen molar-refractivity contribution in [2.75, 3.05) is 0 Å². The van der Waals surface area contributed by atoms with Crippen LogP contribution in [0, 0.1) is 5.21 Å². The minimum absolute atomic E-state index is 0.431. The van der Waals surface area contributed by atoms with E-state index in [-0.39, 0.29) is 0 Å². The summed E-state index contributed by atoms with van der Waals surface area (Å²) in [5.41, 5.74) is 1.62. The first-order valence-electron chi connectivity index (χ1n) is 5.98. The van der Waals surface area contributed by atoms with Gasteiger partial charge in [-0.05, 0) is 22.7 Å². The molecule has 1 aromatic heterocycles. The molecule has 0 aliphatic heterocycles. The molecule has 19 heavy (non-hydrogen) atoms. The minimum Gasteiger partial charge on any atom is -0.710 e. The van der Waals surface area contributed by atoms with Crippen molar-refractivity contribution >= 4 is 10.9 Å². The van der Waals surface area contributed by atoms with Crippen LogP contribution < -0.4 is 9.47 Å². The van der Waals surface area contributed by atoms with Crippen molar-refractivity contribution in [3.63, 3.8) is 0 Å². The van der Waals surface area contributed by atoms with E-state index < -0.39 is 0 Å². The zero-order valence-corrected chi connectivity index (χ0v) is 10.2. The molecule has 3 rings (SSSR count). The lowest BCUT2D eigenvalue weighted by Crippen LogP contribution is -2.27. The number of para-hydroxylation sites is 1. The molecule has 1 heterocycles. The molecule has 0 amide bonds. The van der Waals surface area contributed by atoms with Gasteiger partial charge in [-0.1, -0.05) is 42.5 Å². The number of benzene rings is 2. The van der Waals surface area contributed by atoms with E-state index in [1.807, 2.05) is 48.5 Å². The second-order valence-corrected chi connectivity index (χ2v) is 4.17. The molecule has 0 N–H and O–H groups in total. The molecule has 0 bridgehead atoms. The second-order valence-electron chi connectivity index (χ2n) is 4.17. The quantitative estimate of drug-likeness (QED) is 0.531. The molecule has 94 valence electrons. The summed E-state index contributed by atoms with van der Waals surface area (Å²) in [6, 6.07) is 17.1. The number of hydrogen-bond donors (Lipinski definition) is 0. The Morgan fingerprint density at radius 2 is 1.74 bits per heavy atom. The fourth-order valence-corrected chi connectivity index (χ4v) is 1.92. The fraction of sp³-hybridized carbons (Fsp3) is 0.0667. The lowest BCUT2D eigenvalue weighted by atomic mass is 10.2. The van der Waals surface area contributed by atoms with Crippen molar-refractivity contribution in [1.82, 2.24) is 4.98 Å². The summed E-state index contributed by atoms with van der Waals surface area (Å²) < 4.78 is 6.44. The third-order valence-electron chi connectivity index (χ3n) is 2.87. The fourth-order valence-electron chi connectivity index (χ4n) is 1.92. The Hall–Kier alpha value is -2.62. The topological polar surface area (TPSA) is 49.1 Å². The molecule has 4 nitrogen and oxygen atoms in total. The number of fused-ring (bicyclic) bond motifs is 1. The number of hydrogen-bond acceptors (Lipinski definition) is 3. The third kappa shape index (κ3) is 2.33. The van der Waals surface area contributed by atoms with E-state index in [9.17, 15) is 5.21 Å². The molecule has 0 saturated heterocycles. The Morgan fingerprint density at radius 1 is 1.00 bits per heavy atom. The van der Waals surface area contributed by atoms with Gasteiger partial charge in [-0.25, -0.2) is 4.73 Å². The van der Waals surface area contributed by atoms with Crippen molar-refractivity contribution in [1.29, 1.82) is 0 Å². The number of ether oxygens (including phenoxy) is 1. The van der Waals surface area contributed by atoms with Crippen LogP contribution in [-0.2, 0) is 6.61 Å². The number of aromatic nitrogens is 2. The van der Waals surface area contributed by atoms with Gasteiger partial charge in [0.1, 0.15) is 17.5 Å². The van der Waals surface area contributed by atoms with Crippen LogP contribution in [0.2, 0.25) is 0 Å². The highest BCUT2D eigenvalue weighted by atomic mass is 16.5. The molecule has 0 spiro atoms. The summed E-state index contributed by atoms with van der Waals surface area (Å²) in [7, 11) is 0. The Bertz CT molecular complexity index is 699. The average molecular weight is 252 g/mol. The largest absolute Gasteiger partial charge is 0.710 e. The van der Waals surface area contributed by atoms with Crippen LogP contribution in [0.15, 0.2) is 60.9 Å². The minimum atomic E-state index is 0.431. The Morgan fingerprint density at radius 3 is 2.58 bits per heavy atom. The highest BCUT2D eigenvalue weighted by Gasteiger charge is 2.11. The van der Waals surface area contributed by atoms with Crippen LogP contribution in [0.5, 0.6) is 5.88 Å². The van der Waals surface area contributed by atoms with Crippen LogP contribution in [0.1, 0.15) is 5.56 Å². The molecule has 0 atom stereocenters. The van der Waals surface area contributed by atoms with Gasteiger partial charge in [-0.2, -0.15) is 0 Å². The Balaban J connectivity index is 1.91. The molecule has 4 heteroatoms. The van der Waals surface area contributed by atoms with Crippen LogP contribution in [0.3, 0.4) is 0 Å². The van der Waals surface area contributed by atoms with Gasteiger partial charge < -0.3 is 9.94 Å². The van der Waals surface area contributed by atoms with Crippen LogP contribution >= 0.6 is 0 Å². The zero-order valence-electron chi connectivity index (χ0n) is 10.2. The summed E-state index contributed by atoms with van der Waals surface area (Å²) in [5.74, 6) is 0.478. The van der Waals surface area contributed by atoms with Gasteiger partial charge in [0.05, 0.1) is 0 Å². The highest BCUT2D eigenvalue weighted by molar-refractivity contribution is 5.80. The van der Waals surface area contributed by atoms with Crippen LogP contribution in [0.4, 0.5) is 0 Å². The summed E-state index contributed by atoms with van der Waals surface area (Å²) >= 11 is 0. The predicted molar refractivity (Wildman–Crippen MR) is 71.5 cm³/mol. The van der Waals surface area contributed by atoms with E-state index in [4.69, 9.17) is 4.74 Å². The average Bonchev–Trinajstić information content (AvgIpc) is 2.48. The van der Waals surface area contributed by atoms with Crippen molar-refractivity contribution in [3.05, 3.63) is 71.7 Å². The normalized spacial score (nSPS) is 10.5. The predicted octanol–water partition coefficient (Wildman–Crippen LogP) is 2.45. The molecular formula is C15H12N2O2. The molecule has 0 radical (unpaired) electrons. The SMILES string of the molecule is [O-][n+]1cnc(OCc2ccccc2)c2ccccc21. The summed E-state index contributed by atoms with van der Waals surface area (Å²) in [4.78, 5) is 4.05. The van der Waals surface area contributed by atoms with E-state index in [0.717, 1.165) is 15.7 Å². The van der Waals surface area contributed by atoms with Gasteiger partial charge in [-0.15, -0.1) is 0 Å². The molecule has 2 aromatic carbocycles. The first-order valence-corrected chi connectivity index (χ1v) is 5.98. The van der Waals surface area contributed by atoms with Crippen molar-refractivity contribution in [2.45, 2.75) is 6.61 Å². The Kier molecular flexibility index (Phi) is 2.98. The van der Waals surface area contributed by atoms with Gasteiger partial charge >= 0.3 is 5.88 Å². The maximum Gasteiger partial charge on any atom is 0.339 e. The molecule has 0 saturated carbocycles. The molecular weight excluding hydrogens is 240 g/mol. The lowest BCUT2D eigenvalue weighted by Gasteiger charge is -2.07. The number of rotatable bonds is 3. The van der Waals surface area contributed by atoms with Gasteiger partial charge in [-0.3, -0.25) is 0 Å². The summed E-state index contributed by atoms with van der Waals surface area (Å²) in [6.07, 6.45) is 1.22. The first-order chi connectivity index (χ1) is 9.34. The van der Waals surface area contributed by atoms with E-state index in [1.54, 1.807) is 6.07 Å². The molecule has 3 aromatic rings. The van der Waals surface area contributed by atoms with Crippen LogP contribution in [-0.4, -0.2) is 4.98 Å². The van der Waals surface area contributed by atoms with Crippen molar-refractivity contribution < 1.29 is 9.47 Å². The zero-order chi connectivity index (χ0) is 13.1. The maximum atomic E-state index is 11.6. The molecule has 0 aliphatic carbocycles. The molecule has 0 fully saturated rings. The second kappa shape index (κ2) is 4.94. The summed E-state index contributed by atoms with van der Waals surface area (Å²) in [6.45, 7) is 0.431. The third-order valence-corrected chi connectivity index (χ3v) is 2.87. The van der Waals surface area contributed by atoms with Gasteiger partial charge in [0.2, 0.25) is 0 Å². The number of nitrogens with zero attached hydrogens (tertiary/aromatic N) is 2. The maximum absolute atomic E-state index is 11.6. The Labute approximate surface area is 110 Å². The molecule has 0 unspecified atom stereocenters. The highest BCUT2D eigenvalue weighted by Crippen LogP contribution is 2.20. The molecule has 0 aliphatic rings. The van der Waals surface area contributed by atoms with Crippen molar-refractivity contribution in [3.8, 4) is 5.88 Å². The van der Waals surface area contributed by atoms with Gasteiger partial charge in [0, 0.05) is 0 Å². The standard InChI is InChI=1S/C15H12N2O2/c18-17-11-16-15(13-8-4-5-9-14(13)17)19-10-12-6-2-1-3-7-12/h1-9,11H,10H2. The van der Waals surface area contributed by atoms with Gasteiger partial charge in [0.15, 0.2) is 0 Å². The first kappa shape index (κ1) is 11.5. The van der Waals surface area contributed by atoms with Crippen molar-refractivity contribution in [2.24, 2.45) is 0 Å². The summed E-state index contributed by atoms with van der Waals surface area (Å²) in [5, 5.41) is 12.3. The monoisotopic (exact) mass is 252 g/mol. The smallest absolute Gasteiger partial charge is 0.339 e.